The molecule has 0 atom stereocenters. The number of ether oxygens (including phenoxy) is 1. The first-order chi connectivity index (χ1) is 13.9. The molecule has 0 aliphatic carbocycles. The normalized spacial score (nSPS) is 11.5. The van der Waals surface area contributed by atoms with Crippen molar-refractivity contribution >= 4 is 15.7 Å². The summed E-state index contributed by atoms with van der Waals surface area (Å²) in [7, 11) is -4.06. The van der Waals surface area contributed by atoms with E-state index in [4.69, 9.17) is 9.15 Å². The number of nitro groups is 1. The molecule has 0 amide bonds. The van der Waals surface area contributed by atoms with Gasteiger partial charge in [-0.2, -0.15) is 0 Å². The Morgan fingerprint density at radius 2 is 1.83 bits per heavy atom. The van der Waals surface area contributed by atoms with Crippen molar-refractivity contribution in [1.29, 1.82) is 0 Å². The van der Waals surface area contributed by atoms with Crippen molar-refractivity contribution in [1.82, 2.24) is 4.72 Å². The lowest BCUT2D eigenvalue weighted by Crippen LogP contribution is -2.25. The highest BCUT2D eigenvalue weighted by molar-refractivity contribution is 7.89. The van der Waals surface area contributed by atoms with Crippen molar-refractivity contribution in [3.05, 3.63) is 93.4 Å². The summed E-state index contributed by atoms with van der Waals surface area (Å²) >= 11 is 0. The standard InChI is InChI=1S/C20H20N2O6S/c1-15-5-2-9-19(22(23)24)20(15)29(25,26)21-12-16-6-3-7-17(11-16)13-27-14-18-8-4-10-28-18/h2-11,21H,12-14H2,1H3. The van der Waals surface area contributed by atoms with Gasteiger partial charge in [-0.05, 0) is 35.7 Å². The van der Waals surface area contributed by atoms with Gasteiger partial charge in [0.25, 0.3) is 5.69 Å². The molecule has 0 saturated carbocycles. The quantitative estimate of drug-likeness (QED) is 0.421. The van der Waals surface area contributed by atoms with Gasteiger partial charge in [0.15, 0.2) is 4.90 Å². The Labute approximate surface area is 168 Å². The monoisotopic (exact) mass is 416 g/mol. The van der Waals surface area contributed by atoms with E-state index in [1.54, 1.807) is 24.5 Å². The number of benzene rings is 2. The van der Waals surface area contributed by atoms with Crippen LogP contribution in [0.4, 0.5) is 5.69 Å². The molecule has 0 fully saturated rings. The van der Waals surface area contributed by atoms with Gasteiger partial charge in [-0.25, -0.2) is 13.1 Å². The topological polar surface area (TPSA) is 112 Å². The minimum Gasteiger partial charge on any atom is -0.467 e. The third-order valence-corrected chi connectivity index (χ3v) is 5.80. The van der Waals surface area contributed by atoms with Gasteiger partial charge in [-0.15, -0.1) is 0 Å². The maximum absolute atomic E-state index is 12.7. The second-order valence-electron chi connectivity index (χ2n) is 6.40. The molecule has 0 unspecified atom stereocenters. The summed E-state index contributed by atoms with van der Waals surface area (Å²) in [4.78, 5) is 10.2. The molecular formula is C20H20N2O6S. The summed E-state index contributed by atoms with van der Waals surface area (Å²) in [5.41, 5.74) is 1.45. The molecule has 29 heavy (non-hydrogen) atoms. The number of nitrogens with zero attached hydrogens (tertiary/aromatic N) is 1. The molecule has 1 N–H and O–H groups in total. The molecule has 2 aromatic carbocycles. The summed E-state index contributed by atoms with van der Waals surface area (Å²) in [5, 5.41) is 11.2. The highest BCUT2D eigenvalue weighted by atomic mass is 32.2. The van der Waals surface area contributed by atoms with Crippen LogP contribution in [0, 0.1) is 17.0 Å². The van der Waals surface area contributed by atoms with Crippen LogP contribution < -0.4 is 4.72 Å². The summed E-state index contributed by atoms with van der Waals surface area (Å²) in [6.45, 7) is 2.20. The number of nitrogens with one attached hydrogen (secondary N) is 1. The Morgan fingerprint density at radius 3 is 2.55 bits per heavy atom. The fourth-order valence-corrected chi connectivity index (χ4v) is 4.29. The van der Waals surface area contributed by atoms with Crippen LogP contribution in [0.1, 0.15) is 22.5 Å². The Balaban J connectivity index is 1.67. The van der Waals surface area contributed by atoms with Gasteiger partial charge in [-0.1, -0.05) is 36.4 Å². The molecule has 0 aliphatic heterocycles. The van der Waals surface area contributed by atoms with Crippen molar-refractivity contribution in [2.45, 2.75) is 31.6 Å². The zero-order chi connectivity index (χ0) is 20.9. The highest BCUT2D eigenvalue weighted by Crippen LogP contribution is 2.26. The van der Waals surface area contributed by atoms with Crippen LogP contribution in [0.25, 0.3) is 0 Å². The molecule has 0 saturated heterocycles. The molecule has 0 radical (unpaired) electrons. The fourth-order valence-electron chi connectivity index (χ4n) is 2.87. The lowest BCUT2D eigenvalue weighted by Gasteiger charge is -2.11. The predicted octanol–water partition coefficient (Wildman–Crippen LogP) is 3.69. The van der Waals surface area contributed by atoms with Gasteiger partial charge in [0.1, 0.15) is 12.4 Å². The zero-order valence-electron chi connectivity index (χ0n) is 15.7. The molecule has 0 spiro atoms. The molecule has 1 aromatic heterocycles. The smallest absolute Gasteiger partial charge is 0.289 e. The summed E-state index contributed by atoms with van der Waals surface area (Å²) in [6.07, 6.45) is 1.57. The third kappa shape index (κ3) is 5.29. The van der Waals surface area contributed by atoms with Crippen molar-refractivity contribution in [2.24, 2.45) is 0 Å². The first kappa shape index (κ1) is 20.7. The summed E-state index contributed by atoms with van der Waals surface area (Å²) in [5.74, 6) is 0.716. The molecule has 3 aromatic rings. The lowest BCUT2D eigenvalue weighted by atomic mass is 10.1. The minimum absolute atomic E-state index is 0.000153. The molecule has 0 aliphatic rings. The van der Waals surface area contributed by atoms with Crippen molar-refractivity contribution in [2.75, 3.05) is 0 Å². The van der Waals surface area contributed by atoms with E-state index in [0.29, 0.717) is 30.1 Å². The minimum atomic E-state index is -4.06. The molecular weight excluding hydrogens is 396 g/mol. The van der Waals surface area contributed by atoms with Crippen LogP contribution in [-0.2, 0) is 34.5 Å². The number of aryl methyl sites for hydroxylation is 1. The molecule has 9 heteroatoms. The van der Waals surface area contributed by atoms with Crippen molar-refractivity contribution in [3.63, 3.8) is 0 Å². The SMILES string of the molecule is Cc1cccc([N+](=O)[O-])c1S(=O)(=O)NCc1cccc(COCc2ccco2)c1. The number of rotatable bonds is 9. The Bertz CT molecular complexity index is 1090. The van der Waals surface area contributed by atoms with Crippen LogP contribution in [0.15, 0.2) is 70.2 Å². The van der Waals surface area contributed by atoms with E-state index >= 15 is 0 Å². The van der Waals surface area contributed by atoms with Gasteiger partial charge in [0.2, 0.25) is 10.0 Å². The molecule has 8 nitrogen and oxygen atoms in total. The van der Waals surface area contributed by atoms with Crippen LogP contribution in [0.5, 0.6) is 0 Å². The highest BCUT2D eigenvalue weighted by Gasteiger charge is 2.27. The first-order valence-electron chi connectivity index (χ1n) is 8.78. The lowest BCUT2D eigenvalue weighted by molar-refractivity contribution is -0.387. The largest absolute Gasteiger partial charge is 0.467 e. The van der Waals surface area contributed by atoms with E-state index in [0.717, 1.165) is 5.56 Å². The van der Waals surface area contributed by atoms with Gasteiger partial charge in [0.05, 0.1) is 17.8 Å². The Hall–Kier alpha value is -3.01. The number of hydrogen-bond acceptors (Lipinski definition) is 6. The molecule has 1 heterocycles. The Morgan fingerprint density at radius 1 is 1.07 bits per heavy atom. The van der Waals surface area contributed by atoms with Crippen molar-refractivity contribution in [3.8, 4) is 0 Å². The third-order valence-electron chi connectivity index (χ3n) is 4.21. The average Bonchev–Trinajstić information content (AvgIpc) is 3.20. The number of furan rings is 1. The van der Waals surface area contributed by atoms with Gasteiger partial charge in [-0.3, -0.25) is 10.1 Å². The van der Waals surface area contributed by atoms with Gasteiger partial charge in [0, 0.05) is 12.6 Å². The van der Waals surface area contributed by atoms with E-state index in [-0.39, 0.29) is 11.4 Å². The molecule has 152 valence electrons. The van der Waals surface area contributed by atoms with Crippen LogP contribution in [0.3, 0.4) is 0 Å². The fraction of sp³-hybridized carbons (Fsp3) is 0.200. The second-order valence-corrected chi connectivity index (χ2v) is 8.10. The van der Waals surface area contributed by atoms with Gasteiger partial charge >= 0.3 is 0 Å². The average molecular weight is 416 g/mol. The van der Waals surface area contributed by atoms with E-state index in [9.17, 15) is 18.5 Å². The van der Waals surface area contributed by atoms with Crippen LogP contribution >= 0.6 is 0 Å². The van der Waals surface area contributed by atoms with E-state index in [2.05, 4.69) is 4.72 Å². The summed E-state index contributed by atoms with van der Waals surface area (Å²) < 4.78 is 38.6. The van der Waals surface area contributed by atoms with Crippen LogP contribution in [0.2, 0.25) is 0 Å². The Kier molecular flexibility index (Phi) is 6.42. The molecule has 3 rings (SSSR count). The van der Waals surface area contributed by atoms with E-state index in [1.807, 2.05) is 18.2 Å². The van der Waals surface area contributed by atoms with Gasteiger partial charge < -0.3 is 9.15 Å². The van der Waals surface area contributed by atoms with E-state index in [1.165, 1.54) is 25.1 Å². The first-order valence-corrected chi connectivity index (χ1v) is 10.3. The number of nitro benzene ring substituents is 1. The maximum atomic E-state index is 12.7. The number of sulfonamides is 1. The van der Waals surface area contributed by atoms with E-state index < -0.39 is 20.6 Å². The summed E-state index contributed by atoms with van der Waals surface area (Å²) in [6, 6.07) is 15.0. The number of hydrogen-bond donors (Lipinski definition) is 1. The predicted molar refractivity (Wildman–Crippen MR) is 106 cm³/mol. The maximum Gasteiger partial charge on any atom is 0.289 e. The molecule has 0 bridgehead atoms. The second kappa shape index (κ2) is 8.99. The zero-order valence-corrected chi connectivity index (χ0v) is 16.5. The van der Waals surface area contributed by atoms with Crippen LogP contribution in [-0.4, -0.2) is 13.3 Å². The van der Waals surface area contributed by atoms with Crippen molar-refractivity contribution < 1.29 is 22.5 Å².